The Labute approximate surface area is 108 Å². The lowest BCUT2D eigenvalue weighted by molar-refractivity contribution is 0.0905. The summed E-state index contributed by atoms with van der Waals surface area (Å²) in [6.45, 7) is 4.41. The van der Waals surface area contributed by atoms with Gasteiger partial charge in [-0.15, -0.1) is 0 Å². The van der Waals surface area contributed by atoms with E-state index in [2.05, 4.69) is 15.6 Å². The Morgan fingerprint density at radius 3 is 2.78 bits per heavy atom. The van der Waals surface area contributed by atoms with Gasteiger partial charge in [-0.2, -0.15) is 0 Å². The number of aryl methyl sites for hydroxylation is 1. The monoisotopic (exact) mass is 251 g/mol. The van der Waals surface area contributed by atoms with Crippen molar-refractivity contribution in [2.24, 2.45) is 0 Å². The number of pyridine rings is 1. The van der Waals surface area contributed by atoms with Crippen molar-refractivity contribution in [1.82, 2.24) is 10.3 Å². The van der Waals surface area contributed by atoms with E-state index in [1.165, 1.54) is 0 Å². The number of ether oxygens (including phenoxy) is 1. The van der Waals surface area contributed by atoms with Crippen LogP contribution in [0.3, 0.4) is 0 Å². The summed E-state index contributed by atoms with van der Waals surface area (Å²) in [6.07, 6.45) is 0.795. The minimum Gasteiger partial charge on any atom is -0.383 e. The van der Waals surface area contributed by atoms with Crippen molar-refractivity contribution in [3.8, 4) is 0 Å². The second kappa shape index (κ2) is 6.96. The lowest BCUT2D eigenvalue weighted by atomic mass is 10.1. The van der Waals surface area contributed by atoms with E-state index in [9.17, 15) is 4.79 Å². The number of amides is 1. The zero-order valence-electron chi connectivity index (χ0n) is 11.4. The quantitative estimate of drug-likeness (QED) is 0.803. The Hall–Kier alpha value is -1.62. The van der Waals surface area contributed by atoms with Crippen LogP contribution in [0.25, 0.3) is 0 Å². The van der Waals surface area contributed by atoms with E-state index in [0.717, 1.165) is 12.1 Å². The van der Waals surface area contributed by atoms with Crippen LogP contribution in [-0.4, -0.2) is 37.7 Å². The highest BCUT2D eigenvalue weighted by Crippen LogP contribution is 2.11. The van der Waals surface area contributed by atoms with Crippen molar-refractivity contribution in [3.05, 3.63) is 23.4 Å². The molecule has 1 unspecified atom stereocenters. The van der Waals surface area contributed by atoms with Crippen LogP contribution in [0, 0.1) is 0 Å². The zero-order chi connectivity index (χ0) is 13.5. The molecule has 5 nitrogen and oxygen atoms in total. The van der Waals surface area contributed by atoms with Crippen LogP contribution in [0.15, 0.2) is 12.1 Å². The van der Waals surface area contributed by atoms with E-state index in [1.807, 2.05) is 19.9 Å². The highest BCUT2D eigenvalue weighted by molar-refractivity contribution is 5.95. The summed E-state index contributed by atoms with van der Waals surface area (Å²) >= 11 is 0. The number of carbonyl (C=O) groups is 1. The molecule has 0 aliphatic carbocycles. The molecular weight excluding hydrogens is 230 g/mol. The van der Waals surface area contributed by atoms with Crippen molar-refractivity contribution >= 4 is 11.7 Å². The first-order valence-corrected chi connectivity index (χ1v) is 6.09. The molecule has 1 amide bonds. The Kier molecular flexibility index (Phi) is 5.58. The van der Waals surface area contributed by atoms with E-state index in [4.69, 9.17) is 4.74 Å². The lowest BCUT2D eigenvalue weighted by Crippen LogP contribution is -2.35. The summed E-state index contributed by atoms with van der Waals surface area (Å²) in [5.74, 6) is 0.604. The summed E-state index contributed by atoms with van der Waals surface area (Å²) in [5, 5.41) is 5.84. The third-order valence-corrected chi connectivity index (χ3v) is 2.55. The molecule has 0 fully saturated rings. The summed E-state index contributed by atoms with van der Waals surface area (Å²) in [6, 6.07) is 3.54. The second-order valence-corrected chi connectivity index (χ2v) is 4.17. The van der Waals surface area contributed by atoms with Crippen molar-refractivity contribution in [1.29, 1.82) is 0 Å². The SMILES string of the molecule is CCc1cc(C(=O)NC(C)COC)cc(NC)n1. The van der Waals surface area contributed by atoms with Crippen LogP contribution in [0.1, 0.15) is 29.9 Å². The van der Waals surface area contributed by atoms with Gasteiger partial charge in [0, 0.05) is 31.5 Å². The van der Waals surface area contributed by atoms with E-state index in [0.29, 0.717) is 18.0 Å². The average molecular weight is 251 g/mol. The summed E-state index contributed by atoms with van der Waals surface area (Å²) in [5.41, 5.74) is 1.51. The smallest absolute Gasteiger partial charge is 0.251 e. The van der Waals surface area contributed by atoms with Crippen molar-refractivity contribution in [3.63, 3.8) is 0 Å². The molecule has 1 aromatic heterocycles. The predicted octanol–water partition coefficient (Wildman–Crippen LogP) is 1.45. The van der Waals surface area contributed by atoms with Gasteiger partial charge >= 0.3 is 0 Å². The Morgan fingerprint density at radius 1 is 1.50 bits per heavy atom. The Bertz CT molecular complexity index is 385. The molecule has 0 bridgehead atoms. The molecule has 0 radical (unpaired) electrons. The van der Waals surface area contributed by atoms with Gasteiger partial charge in [0.05, 0.1) is 6.61 Å². The van der Waals surface area contributed by atoms with Crippen LogP contribution in [0.4, 0.5) is 5.82 Å². The number of nitrogens with one attached hydrogen (secondary N) is 2. The van der Waals surface area contributed by atoms with Gasteiger partial charge in [-0.1, -0.05) is 6.92 Å². The molecule has 0 saturated heterocycles. The number of hydrogen-bond acceptors (Lipinski definition) is 4. The number of carbonyl (C=O) groups excluding carboxylic acids is 1. The Balaban J connectivity index is 2.84. The predicted molar refractivity (Wildman–Crippen MR) is 72.0 cm³/mol. The van der Waals surface area contributed by atoms with Crippen LogP contribution in [0.5, 0.6) is 0 Å². The molecule has 0 saturated carbocycles. The molecule has 1 rings (SSSR count). The minimum absolute atomic E-state index is 0.0150. The molecule has 1 aromatic rings. The lowest BCUT2D eigenvalue weighted by Gasteiger charge is -2.13. The molecule has 0 aliphatic rings. The number of aromatic nitrogens is 1. The van der Waals surface area contributed by atoms with E-state index in [-0.39, 0.29) is 11.9 Å². The highest BCUT2D eigenvalue weighted by atomic mass is 16.5. The summed E-state index contributed by atoms with van der Waals surface area (Å²) in [7, 11) is 3.40. The Morgan fingerprint density at radius 2 is 2.22 bits per heavy atom. The van der Waals surface area contributed by atoms with E-state index >= 15 is 0 Å². The van der Waals surface area contributed by atoms with Crippen LogP contribution in [0.2, 0.25) is 0 Å². The topological polar surface area (TPSA) is 63.2 Å². The molecule has 0 spiro atoms. The molecule has 18 heavy (non-hydrogen) atoms. The largest absolute Gasteiger partial charge is 0.383 e. The molecule has 100 valence electrons. The molecule has 2 N–H and O–H groups in total. The van der Waals surface area contributed by atoms with Gasteiger partial charge in [0.2, 0.25) is 0 Å². The molecule has 0 aromatic carbocycles. The van der Waals surface area contributed by atoms with Gasteiger partial charge in [-0.05, 0) is 25.5 Å². The molecule has 5 heteroatoms. The van der Waals surface area contributed by atoms with Gasteiger partial charge in [-0.3, -0.25) is 4.79 Å². The maximum Gasteiger partial charge on any atom is 0.251 e. The first-order chi connectivity index (χ1) is 8.60. The fraction of sp³-hybridized carbons (Fsp3) is 0.538. The first kappa shape index (κ1) is 14.4. The van der Waals surface area contributed by atoms with Crippen LogP contribution < -0.4 is 10.6 Å². The van der Waals surface area contributed by atoms with E-state index in [1.54, 1.807) is 20.2 Å². The fourth-order valence-electron chi connectivity index (χ4n) is 1.63. The van der Waals surface area contributed by atoms with Gasteiger partial charge in [0.1, 0.15) is 5.82 Å². The molecular formula is C13H21N3O2. The number of hydrogen-bond donors (Lipinski definition) is 2. The standard InChI is InChI=1S/C13H21N3O2/c1-5-11-6-10(7-12(14-3)16-11)13(17)15-9(2)8-18-4/h6-7,9H,5,8H2,1-4H3,(H,14,16)(H,15,17). The molecule has 1 heterocycles. The van der Waals surface area contributed by atoms with Gasteiger partial charge < -0.3 is 15.4 Å². The first-order valence-electron chi connectivity index (χ1n) is 6.09. The van der Waals surface area contributed by atoms with Crippen molar-refractivity contribution in [2.45, 2.75) is 26.3 Å². The van der Waals surface area contributed by atoms with Crippen molar-refractivity contribution < 1.29 is 9.53 Å². The average Bonchev–Trinajstić information content (AvgIpc) is 2.38. The zero-order valence-corrected chi connectivity index (χ0v) is 11.4. The van der Waals surface area contributed by atoms with Crippen LogP contribution >= 0.6 is 0 Å². The third-order valence-electron chi connectivity index (χ3n) is 2.55. The van der Waals surface area contributed by atoms with E-state index < -0.39 is 0 Å². The highest BCUT2D eigenvalue weighted by Gasteiger charge is 2.11. The maximum atomic E-state index is 12.0. The number of anilines is 1. The van der Waals surface area contributed by atoms with Crippen LogP contribution in [-0.2, 0) is 11.2 Å². The fourth-order valence-corrected chi connectivity index (χ4v) is 1.63. The van der Waals surface area contributed by atoms with Crippen molar-refractivity contribution in [2.75, 3.05) is 26.1 Å². The van der Waals surface area contributed by atoms with Gasteiger partial charge in [0.25, 0.3) is 5.91 Å². The summed E-state index contributed by atoms with van der Waals surface area (Å²) in [4.78, 5) is 16.4. The number of rotatable bonds is 6. The number of methoxy groups -OCH3 is 1. The van der Waals surface area contributed by atoms with Gasteiger partial charge in [0.15, 0.2) is 0 Å². The summed E-state index contributed by atoms with van der Waals surface area (Å²) < 4.78 is 4.99. The molecule has 0 aliphatic heterocycles. The molecule has 1 atom stereocenters. The van der Waals surface area contributed by atoms with Gasteiger partial charge in [-0.25, -0.2) is 4.98 Å². The second-order valence-electron chi connectivity index (χ2n) is 4.17. The number of nitrogens with zero attached hydrogens (tertiary/aromatic N) is 1. The maximum absolute atomic E-state index is 12.0. The third kappa shape index (κ3) is 4.00. The normalized spacial score (nSPS) is 12.0. The minimum atomic E-state index is -0.104.